The van der Waals surface area contributed by atoms with Crippen LogP contribution in [0.2, 0.25) is 0 Å². The molecule has 0 saturated carbocycles. The Kier molecular flexibility index (Phi) is 9.93. The van der Waals surface area contributed by atoms with Gasteiger partial charge in [0.2, 0.25) is 0 Å². The monoisotopic (exact) mass is 503 g/mol. The van der Waals surface area contributed by atoms with Crippen LogP contribution >= 0.6 is 0 Å². The molecule has 0 radical (unpaired) electrons. The lowest BCUT2D eigenvalue weighted by molar-refractivity contribution is -0.394. The van der Waals surface area contributed by atoms with Crippen molar-refractivity contribution in [2.45, 2.75) is 12.5 Å². The first-order valence-corrected chi connectivity index (χ1v) is 10.5. The van der Waals surface area contributed by atoms with Crippen molar-refractivity contribution in [3.63, 3.8) is 0 Å². The van der Waals surface area contributed by atoms with Gasteiger partial charge >= 0.3 is 5.97 Å². The van der Waals surface area contributed by atoms with Crippen LogP contribution in [0, 0.1) is 31.9 Å². The van der Waals surface area contributed by atoms with E-state index in [1.54, 1.807) is 0 Å². The van der Waals surface area contributed by atoms with Gasteiger partial charge in [-0.3, -0.25) is 20.2 Å². The molecule has 3 rings (SSSR count). The van der Waals surface area contributed by atoms with Gasteiger partial charge in [-0.25, -0.2) is 13.6 Å². The number of aromatic carboxylic acids is 1. The first kappa shape index (κ1) is 27.8. The molecule has 0 fully saturated rings. The highest BCUT2D eigenvalue weighted by molar-refractivity contribution is 5.92. The summed E-state index contributed by atoms with van der Waals surface area (Å²) in [4.78, 5) is 31.5. The molecule has 190 valence electrons. The van der Waals surface area contributed by atoms with Crippen LogP contribution in [0.15, 0.2) is 66.7 Å². The van der Waals surface area contributed by atoms with Crippen molar-refractivity contribution in [2.75, 3.05) is 20.6 Å². The van der Waals surface area contributed by atoms with Crippen LogP contribution in [0.4, 0.5) is 20.2 Å². The normalized spacial score (nSPS) is 11.2. The highest BCUT2D eigenvalue weighted by Crippen LogP contribution is 2.27. The molecule has 0 aromatic heterocycles. The van der Waals surface area contributed by atoms with E-state index in [0.29, 0.717) is 12.5 Å². The molecule has 0 bridgehead atoms. The van der Waals surface area contributed by atoms with E-state index in [2.05, 4.69) is 0 Å². The number of nitro benzene ring substituents is 2. The van der Waals surface area contributed by atoms with Gasteiger partial charge in [0.15, 0.2) is 11.6 Å². The molecule has 0 aliphatic rings. The van der Waals surface area contributed by atoms with Gasteiger partial charge < -0.3 is 14.7 Å². The van der Waals surface area contributed by atoms with Gasteiger partial charge in [-0.2, -0.15) is 0 Å². The predicted molar refractivity (Wildman–Crippen MR) is 126 cm³/mol. The summed E-state index contributed by atoms with van der Waals surface area (Å²) >= 11 is 0. The Balaban J connectivity index is 0.000000269. The second-order valence-electron chi connectivity index (χ2n) is 7.70. The molecule has 3 aromatic carbocycles. The maximum absolute atomic E-state index is 13.7. The number of nitro groups is 2. The first-order chi connectivity index (χ1) is 17.0. The zero-order chi connectivity index (χ0) is 26.8. The van der Waals surface area contributed by atoms with E-state index in [1.165, 1.54) is 12.1 Å². The lowest BCUT2D eigenvalue weighted by Gasteiger charge is -2.21. The Bertz CT molecular complexity index is 1220. The van der Waals surface area contributed by atoms with Gasteiger partial charge in [0, 0.05) is 25.1 Å². The molecular formula is C24H23F2N3O7. The molecular weight excluding hydrogens is 480 g/mol. The number of rotatable bonds is 9. The number of carboxylic acid groups (broad SMARTS) is 1. The van der Waals surface area contributed by atoms with Crippen LogP contribution in [-0.4, -0.2) is 46.5 Å². The van der Waals surface area contributed by atoms with Crippen molar-refractivity contribution in [2.24, 2.45) is 0 Å². The van der Waals surface area contributed by atoms with Crippen molar-refractivity contribution in [3.05, 3.63) is 110 Å². The van der Waals surface area contributed by atoms with Crippen LogP contribution in [0.3, 0.4) is 0 Å². The Morgan fingerprint density at radius 3 is 2.19 bits per heavy atom. The van der Waals surface area contributed by atoms with Crippen LogP contribution in [0.1, 0.15) is 28.4 Å². The SMILES string of the molecule is CN(C)CCC(Oc1ccc(F)cc1F)c1ccccc1.O=C(O)c1ccc([N+](=O)[O-])cc1[N+](=O)[O-]. The number of hydrogen-bond donors (Lipinski definition) is 1. The Morgan fingerprint density at radius 2 is 1.67 bits per heavy atom. The summed E-state index contributed by atoms with van der Waals surface area (Å²) in [6.07, 6.45) is 0.446. The van der Waals surface area contributed by atoms with Crippen molar-refractivity contribution >= 4 is 17.3 Å². The third kappa shape index (κ3) is 8.09. The number of nitrogens with zero attached hydrogens (tertiary/aromatic N) is 3. The van der Waals surface area contributed by atoms with Crippen LogP contribution < -0.4 is 4.74 Å². The van der Waals surface area contributed by atoms with Crippen LogP contribution in [0.5, 0.6) is 5.75 Å². The molecule has 0 aliphatic heterocycles. The number of hydrogen-bond acceptors (Lipinski definition) is 7. The molecule has 1 atom stereocenters. The average Bonchev–Trinajstić information content (AvgIpc) is 2.83. The number of halogens is 2. The van der Waals surface area contributed by atoms with E-state index in [4.69, 9.17) is 9.84 Å². The third-order valence-electron chi connectivity index (χ3n) is 4.79. The Labute approximate surface area is 204 Å². The predicted octanol–water partition coefficient (Wildman–Crippen LogP) is 5.24. The fourth-order valence-electron chi connectivity index (χ4n) is 3.03. The van der Waals surface area contributed by atoms with E-state index in [-0.39, 0.29) is 11.9 Å². The fraction of sp³-hybridized carbons (Fsp3) is 0.208. The van der Waals surface area contributed by atoms with Gasteiger partial charge in [-0.15, -0.1) is 0 Å². The number of benzene rings is 3. The van der Waals surface area contributed by atoms with Crippen molar-refractivity contribution in [3.8, 4) is 5.75 Å². The minimum atomic E-state index is -1.50. The number of carbonyl (C=O) groups is 1. The molecule has 0 aliphatic carbocycles. The zero-order valence-corrected chi connectivity index (χ0v) is 19.3. The van der Waals surface area contributed by atoms with Crippen molar-refractivity contribution in [1.29, 1.82) is 0 Å². The first-order valence-electron chi connectivity index (χ1n) is 10.5. The summed E-state index contributed by atoms with van der Waals surface area (Å²) in [5.41, 5.74) is -0.919. The summed E-state index contributed by atoms with van der Waals surface area (Å²) in [5.74, 6) is -2.72. The number of carboxylic acids is 1. The topological polar surface area (TPSA) is 136 Å². The lowest BCUT2D eigenvalue weighted by Crippen LogP contribution is -2.19. The maximum atomic E-state index is 13.7. The van der Waals surface area contributed by atoms with Gasteiger partial charge in [0.1, 0.15) is 17.5 Å². The molecule has 36 heavy (non-hydrogen) atoms. The molecule has 0 amide bonds. The zero-order valence-electron chi connectivity index (χ0n) is 19.3. The minimum absolute atomic E-state index is 0.0732. The molecule has 0 spiro atoms. The van der Waals surface area contributed by atoms with Crippen LogP contribution in [-0.2, 0) is 0 Å². The van der Waals surface area contributed by atoms with Gasteiger partial charge in [0.05, 0.1) is 15.9 Å². The van der Waals surface area contributed by atoms with Gasteiger partial charge in [-0.05, 0) is 37.9 Å². The van der Waals surface area contributed by atoms with Gasteiger partial charge in [0.25, 0.3) is 11.4 Å². The largest absolute Gasteiger partial charge is 0.483 e. The average molecular weight is 503 g/mol. The molecule has 12 heteroatoms. The highest BCUT2D eigenvalue weighted by atomic mass is 19.1. The molecule has 10 nitrogen and oxygen atoms in total. The summed E-state index contributed by atoms with van der Waals surface area (Å²) in [5, 5.41) is 29.3. The maximum Gasteiger partial charge on any atom is 0.342 e. The molecule has 3 aromatic rings. The van der Waals surface area contributed by atoms with E-state index in [9.17, 15) is 33.8 Å². The van der Waals surface area contributed by atoms with E-state index in [1.807, 2.05) is 49.3 Å². The van der Waals surface area contributed by atoms with E-state index in [0.717, 1.165) is 30.3 Å². The van der Waals surface area contributed by atoms with Gasteiger partial charge in [-0.1, -0.05) is 30.3 Å². The quantitative estimate of drug-likeness (QED) is 0.309. The Morgan fingerprint density at radius 1 is 1.00 bits per heavy atom. The highest BCUT2D eigenvalue weighted by Gasteiger charge is 2.23. The molecule has 1 unspecified atom stereocenters. The smallest absolute Gasteiger partial charge is 0.342 e. The Hall–Kier alpha value is -4.45. The molecule has 0 saturated heterocycles. The lowest BCUT2D eigenvalue weighted by atomic mass is 10.1. The molecule has 1 N–H and O–H groups in total. The standard InChI is InChI=1S/C17H19F2NO.C7H4N2O6/c1-20(2)11-10-16(13-6-4-3-5-7-13)21-17-9-8-14(18)12-15(17)19;10-7(11)5-2-1-4(8(12)13)3-6(5)9(14)15/h3-9,12,16H,10-11H2,1-2H3;1-3H,(H,10,11). The summed E-state index contributed by atoms with van der Waals surface area (Å²) < 4.78 is 32.5. The fourth-order valence-corrected chi connectivity index (χ4v) is 3.03. The summed E-state index contributed by atoms with van der Waals surface area (Å²) in [7, 11) is 3.95. The second kappa shape index (κ2) is 12.9. The summed E-state index contributed by atoms with van der Waals surface area (Å²) in [6.45, 7) is 0.808. The minimum Gasteiger partial charge on any atom is -0.483 e. The number of ether oxygens (including phenoxy) is 1. The molecule has 0 heterocycles. The van der Waals surface area contributed by atoms with Crippen LogP contribution in [0.25, 0.3) is 0 Å². The number of non-ortho nitro benzene ring substituents is 1. The second-order valence-corrected chi connectivity index (χ2v) is 7.70. The third-order valence-corrected chi connectivity index (χ3v) is 4.79. The van der Waals surface area contributed by atoms with E-state index < -0.39 is 44.4 Å². The van der Waals surface area contributed by atoms with Crippen molar-refractivity contribution in [1.82, 2.24) is 4.90 Å². The van der Waals surface area contributed by atoms with E-state index >= 15 is 0 Å². The van der Waals surface area contributed by atoms with Crippen molar-refractivity contribution < 1.29 is 33.3 Å². The summed E-state index contributed by atoms with van der Waals surface area (Å²) in [6, 6.07) is 15.4.